The highest BCUT2D eigenvalue weighted by molar-refractivity contribution is 6.16. The van der Waals surface area contributed by atoms with E-state index in [1.807, 2.05) is 31.2 Å². The Hall–Kier alpha value is -5.43. The van der Waals surface area contributed by atoms with E-state index in [9.17, 15) is 9.90 Å². The summed E-state index contributed by atoms with van der Waals surface area (Å²) in [5.41, 5.74) is 1.90. The van der Waals surface area contributed by atoms with Crippen molar-refractivity contribution in [2.45, 2.75) is 6.92 Å². The van der Waals surface area contributed by atoms with Gasteiger partial charge in [-0.1, -0.05) is 42.0 Å². The number of hydrogen-bond donors (Lipinski definition) is 2. The molecule has 10 heteroatoms. The van der Waals surface area contributed by atoms with Gasteiger partial charge in [-0.3, -0.25) is 4.79 Å². The molecule has 0 radical (unpaired) electrons. The zero-order valence-corrected chi connectivity index (χ0v) is 19.0. The van der Waals surface area contributed by atoms with E-state index in [-0.39, 0.29) is 34.5 Å². The molecule has 0 aliphatic rings. The Bertz CT molecular complexity index is 1650. The van der Waals surface area contributed by atoms with Gasteiger partial charge in [-0.15, -0.1) is 10.2 Å². The van der Waals surface area contributed by atoms with Crippen LogP contribution in [0.3, 0.4) is 0 Å². The zero-order valence-electron chi connectivity index (χ0n) is 19.0. The van der Waals surface area contributed by atoms with Crippen molar-refractivity contribution in [1.29, 1.82) is 0 Å². The molecule has 5 rings (SSSR count). The Labute approximate surface area is 205 Å². The third-order valence-corrected chi connectivity index (χ3v) is 5.38. The van der Waals surface area contributed by atoms with E-state index in [0.29, 0.717) is 16.5 Å². The number of carbonyl (C=O) groups excluding carboxylic acids is 1. The quantitative estimate of drug-likeness (QED) is 0.237. The first-order valence-corrected chi connectivity index (χ1v) is 10.8. The molecule has 0 aliphatic carbocycles. The maximum Gasteiger partial charge on any atom is 0.260 e. The lowest BCUT2D eigenvalue weighted by Gasteiger charge is -2.12. The van der Waals surface area contributed by atoms with Gasteiger partial charge in [0.2, 0.25) is 0 Å². The van der Waals surface area contributed by atoms with Gasteiger partial charge in [-0.2, -0.15) is 9.78 Å². The van der Waals surface area contributed by atoms with Crippen molar-refractivity contribution in [3.63, 3.8) is 0 Å². The van der Waals surface area contributed by atoms with Gasteiger partial charge in [0, 0.05) is 18.1 Å². The number of phenols is 1. The number of anilines is 1. The molecule has 174 valence electrons. The monoisotopic (exact) mass is 474 g/mol. The first kappa shape index (κ1) is 22.4. The third-order valence-electron chi connectivity index (χ3n) is 5.38. The Morgan fingerprint density at radius 3 is 2.56 bits per heavy atom. The number of rotatable bonds is 5. The highest BCUT2D eigenvalue weighted by atomic mass is 16.3. The number of phenolic OH excluding ortho intramolecular Hbond substituents is 1. The minimum Gasteiger partial charge on any atom is -0.505 e. The number of azo groups is 1. The van der Waals surface area contributed by atoms with Gasteiger partial charge >= 0.3 is 0 Å². The molecule has 0 atom stereocenters. The van der Waals surface area contributed by atoms with Crippen LogP contribution in [0.15, 0.2) is 89.5 Å². The van der Waals surface area contributed by atoms with Crippen molar-refractivity contribution in [1.82, 2.24) is 19.7 Å². The van der Waals surface area contributed by atoms with Crippen LogP contribution in [0.5, 0.6) is 5.75 Å². The number of aryl methyl sites for hydroxylation is 1. The van der Waals surface area contributed by atoms with Crippen molar-refractivity contribution in [3.05, 3.63) is 102 Å². The molecule has 0 saturated carbocycles. The summed E-state index contributed by atoms with van der Waals surface area (Å²) < 4.78 is 1.28. The molecular formula is C26H18N8O2. The number of aromatic hydroxyl groups is 1. The number of carbonyl (C=O) groups is 1. The van der Waals surface area contributed by atoms with Gasteiger partial charge in [-0.25, -0.2) is 14.8 Å². The van der Waals surface area contributed by atoms with Gasteiger partial charge in [0.15, 0.2) is 11.6 Å². The standard InChI is InChI=1S/C26H18N8O2/c1-16-8-10-18(11-9-16)31-25(36)22-19-7-4-3-6-17(19)14-20(23(22)35)32-33-24-21(27-2)15-30-34(24)26-28-12-5-13-29-26/h3-15,35H,1H3,(H,31,36)/b33-32+. The van der Waals surface area contributed by atoms with Crippen LogP contribution in [0.4, 0.5) is 22.9 Å². The number of nitrogens with zero attached hydrogens (tertiary/aromatic N) is 7. The molecule has 0 unspecified atom stereocenters. The molecule has 0 saturated heterocycles. The molecular weight excluding hydrogens is 456 g/mol. The van der Waals surface area contributed by atoms with Gasteiger partial charge in [0.1, 0.15) is 5.69 Å². The van der Waals surface area contributed by atoms with E-state index >= 15 is 0 Å². The summed E-state index contributed by atoms with van der Waals surface area (Å²) in [5, 5.41) is 27.7. The predicted molar refractivity (Wildman–Crippen MR) is 134 cm³/mol. The fourth-order valence-corrected chi connectivity index (χ4v) is 3.61. The summed E-state index contributed by atoms with van der Waals surface area (Å²) in [6, 6.07) is 17.8. The lowest BCUT2D eigenvalue weighted by molar-refractivity contribution is 0.102. The van der Waals surface area contributed by atoms with Crippen molar-refractivity contribution < 1.29 is 9.90 Å². The largest absolute Gasteiger partial charge is 0.505 e. The maximum absolute atomic E-state index is 13.2. The van der Waals surface area contributed by atoms with Gasteiger partial charge in [-0.05, 0) is 42.0 Å². The van der Waals surface area contributed by atoms with Crippen LogP contribution in [0.25, 0.3) is 21.6 Å². The molecule has 36 heavy (non-hydrogen) atoms. The second kappa shape index (κ2) is 9.44. The first-order chi connectivity index (χ1) is 17.5. The summed E-state index contributed by atoms with van der Waals surface area (Å²) in [6.07, 6.45) is 4.41. The van der Waals surface area contributed by atoms with Crippen LogP contribution < -0.4 is 5.32 Å². The van der Waals surface area contributed by atoms with E-state index in [0.717, 1.165) is 5.56 Å². The Kier molecular flexibility index (Phi) is 5.86. The number of amides is 1. The van der Waals surface area contributed by atoms with Crippen LogP contribution in [0.2, 0.25) is 0 Å². The molecule has 3 aromatic carbocycles. The number of nitrogens with one attached hydrogen (secondary N) is 1. The summed E-state index contributed by atoms with van der Waals surface area (Å²) in [4.78, 5) is 24.9. The van der Waals surface area contributed by atoms with E-state index < -0.39 is 5.91 Å². The minimum absolute atomic E-state index is 0.0559. The zero-order chi connectivity index (χ0) is 25.1. The second-order valence-corrected chi connectivity index (χ2v) is 7.79. The van der Waals surface area contributed by atoms with Crippen molar-refractivity contribution in [2.24, 2.45) is 10.2 Å². The lowest BCUT2D eigenvalue weighted by atomic mass is 10.0. The normalized spacial score (nSPS) is 11.0. The van der Waals surface area contributed by atoms with Gasteiger partial charge in [0.25, 0.3) is 17.5 Å². The maximum atomic E-state index is 13.2. The molecule has 0 spiro atoms. The molecule has 1 amide bonds. The molecule has 2 heterocycles. The molecule has 5 aromatic rings. The van der Waals surface area contributed by atoms with Crippen molar-refractivity contribution in [3.8, 4) is 11.7 Å². The van der Waals surface area contributed by atoms with Crippen LogP contribution in [0, 0.1) is 13.5 Å². The molecule has 2 N–H and O–H groups in total. The molecule has 2 aromatic heterocycles. The first-order valence-electron chi connectivity index (χ1n) is 10.8. The van der Waals surface area contributed by atoms with Gasteiger partial charge < -0.3 is 10.4 Å². The topological polar surface area (TPSA) is 122 Å². The van der Waals surface area contributed by atoms with E-state index in [1.54, 1.807) is 36.4 Å². The molecule has 0 fully saturated rings. The average Bonchev–Trinajstić information content (AvgIpc) is 3.32. The van der Waals surface area contributed by atoms with Crippen LogP contribution >= 0.6 is 0 Å². The summed E-state index contributed by atoms with van der Waals surface area (Å²) in [6.45, 7) is 9.38. The smallest absolute Gasteiger partial charge is 0.260 e. The predicted octanol–water partition coefficient (Wildman–Crippen LogP) is 6.05. The van der Waals surface area contributed by atoms with Crippen LogP contribution in [-0.2, 0) is 0 Å². The fraction of sp³-hybridized carbons (Fsp3) is 0.0385. The van der Waals surface area contributed by atoms with Crippen molar-refractivity contribution in [2.75, 3.05) is 5.32 Å². The van der Waals surface area contributed by atoms with Crippen LogP contribution in [0.1, 0.15) is 15.9 Å². The van der Waals surface area contributed by atoms with Gasteiger partial charge in [0.05, 0.1) is 18.3 Å². The highest BCUT2D eigenvalue weighted by Gasteiger charge is 2.20. The van der Waals surface area contributed by atoms with E-state index in [4.69, 9.17) is 6.57 Å². The van der Waals surface area contributed by atoms with E-state index in [1.165, 1.54) is 23.3 Å². The number of benzene rings is 3. The SMILES string of the molecule is [C-]#[N+]c1cnn(-c2ncccn2)c1/N=N/c1cc2ccccc2c(C(=O)Nc2ccc(C)cc2)c1O. The summed E-state index contributed by atoms with van der Waals surface area (Å²) >= 11 is 0. The minimum atomic E-state index is -0.492. The third kappa shape index (κ3) is 4.24. The molecule has 10 nitrogen and oxygen atoms in total. The average molecular weight is 474 g/mol. The molecule has 0 bridgehead atoms. The van der Waals surface area contributed by atoms with Crippen LogP contribution in [-0.4, -0.2) is 30.8 Å². The second-order valence-electron chi connectivity index (χ2n) is 7.79. The number of fused-ring (bicyclic) bond motifs is 1. The van der Waals surface area contributed by atoms with Crippen molar-refractivity contribution >= 4 is 39.6 Å². The molecule has 0 aliphatic heterocycles. The Morgan fingerprint density at radius 2 is 1.81 bits per heavy atom. The summed E-state index contributed by atoms with van der Waals surface area (Å²) in [5.74, 6) is -0.528. The van der Waals surface area contributed by atoms with E-state index in [2.05, 4.69) is 35.5 Å². The lowest BCUT2D eigenvalue weighted by Crippen LogP contribution is -2.12. The highest BCUT2D eigenvalue weighted by Crippen LogP contribution is 2.39. The fourth-order valence-electron chi connectivity index (χ4n) is 3.61. The number of hydrogen-bond acceptors (Lipinski definition) is 7. The number of aromatic nitrogens is 4. The Balaban J connectivity index is 1.59. The Morgan fingerprint density at radius 1 is 1.06 bits per heavy atom. The summed E-state index contributed by atoms with van der Waals surface area (Å²) in [7, 11) is 0.